The lowest BCUT2D eigenvalue weighted by Crippen LogP contribution is -2.53. The minimum absolute atomic E-state index is 0.0619. The van der Waals surface area contributed by atoms with E-state index in [1.807, 2.05) is 79.0 Å². The van der Waals surface area contributed by atoms with Gasteiger partial charge in [0.2, 0.25) is 0 Å². The van der Waals surface area contributed by atoms with Gasteiger partial charge in [0.05, 0.1) is 6.54 Å². The highest BCUT2D eigenvalue weighted by Crippen LogP contribution is 2.26. The highest BCUT2D eigenvalue weighted by atomic mass is 16.2. The van der Waals surface area contributed by atoms with Crippen molar-refractivity contribution < 1.29 is 14.4 Å². The molecule has 0 atom stereocenters. The van der Waals surface area contributed by atoms with Gasteiger partial charge in [-0.1, -0.05) is 78.9 Å². The molecule has 0 aliphatic carbocycles. The van der Waals surface area contributed by atoms with Crippen molar-refractivity contribution in [2.45, 2.75) is 13.1 Å². The van der Waals surface area contributed by atoms with Crippen LogP contribution in [0.2, 0.25) is 0 Å². The van der Waals surface area contributed by atoms with Crippen molar-refractivity contribution in [3.05, 3.63) is 113 Å². The molecule has 4 amide bonds. The average Bonchev–Trinajstić information content (AvgIpc) is 3.18. The second-order valence-corrected chi connectivity index (χ2v) is 7.91. The molecule has 4 aromatic rings. The highest BCUT2D eigenvalue weighted by Gasteiger charge is 2.35. The summed E-state index contributed by atoms with van der Waals surface area (Å²) < 4.78 is 2.09. The highest BCUT2D eigenvalue weighted by molar-refractivity contribution is 6.31. The molecule has 1 aliphatic heterocycles. The lowest BCUT2D eigenvalue weighted by Gasteiger charge is -2.26. The largest absolute Gasteiger partial charge is 0.342 e. The number of barbiturate groups is 1. The minimum Gasteiger partial charge on any atom is -0.342 e. The Morgan fingerprint density at radius 1 is 0.727 bits per heavy atom. The molecule has 0 unspecified atom stereocenters. The van der Waals surface area contributed by atoms with E-state index in [4.69, 9.17) is 0 Å². The number of benzene rings is 3. The molecule has 1 aromatic heterocycles. The van der Waals surface area contributed by atoms with Crippen LogP contribution in [0.25, 0.3) is 17.0 Å². The van der Waals surface area contributed by atoms with Crippen LogP contribution in [-0.2, 0) is 22.7 Å². The molecule has 1 saturated heterocycles. The van der Waals surface area contributed by atoms with E-state index >= 15 is 0 Å². The first-order chi connectivity index (χ1) is 16.1. The number of carbonyl (C=O) groups is 3. The predicted octanol–water partition coefficient (Wildman–Crippen LogP) is 4.35. The number of nitrogens with zero attached hydrogens (tertiary/aromatic N) is 2. The number of carbonyl (C=O) groups excluding carboxylic acids is 3. The van der Waals surface area contributed by atoms with Crippen LogP contribution in [0.5, 0.6) is 0 Å². The third-order valence-electron chi connectivity index (χ3n) is 5.68. The maximum Gasteiger partial charge on any atom is 0.331 e. The fourth-order valence-corrected chi connectivity index (χ4v) is 4.06. The van der Waals surface area contributed by atoms with E-state index in [2.05, 4.69) is 22.0 Å². The van der Waals surface area contributed by atoms with Crippen molar-refractivity contribution in [3.63, 3.8) is 0 Å². The SMILES string of the molecule is O=C1NC(=O)N(Cc2ccccc2)C(=O)/C1=C\c1cn(Cc2ccccc2)c2ccccc12. The average molecular weight is 435 g/mol. The molecule has 33 heavy (non-hydrogen) atoms. The van der Waals surface area contributed by atoms with E-state index in [1.165, 1.54) is 0 Å². The number of rotatable bonds is 5. The van der Waals surface area contributed by atoms with E-state index in [1.54, 1.807) is 6.08 Å². The van der Waals surface area contributed by atoms with E-state index < -0.39 is 17.8 Å². The first-order valence-corrected chi connectivity index (χ1v) is 10.6. The van der Waals surface area contributed by atoms with Crippen molar-refractivity contribution in [3.8, 4) is 0 Å². The third kappa shape index (κ3) is 4.06. The summed E-state index contributed by atoms with van der Waals surface area (Å²) in [5.74, 6) is -1.29. The summed E-state index contributed by atoms with van der Waals surface area (Å²) in [6, 6.07) is 26.4. The lowest BCUT2D eigenvalue weighted by molar-refractivity contribution is -0.130. The van der Waals surface area contributed by atoms with Gasteiger partial charge in [0.1, 0.15) is 5.57 Å². The summed E-state index contributed by atoms with van der Waals surface area (Å²) in [5, 5.41) is 3.22. The van der Waals surface area contributed by atoms with Gasteiger partial charge >= 0.3 is 6.03 Å². The summed E-state index contributed by atoms with van der Waals surface area (Å²) in [6.07, 6.45) is 3.51. The van der Waals surface area contributed by atoms with Crippen molar-refractivity contribution in [1.29, 1.82) is 0 Å². The molecule has 0 spiro atoms. The Morgan fingerprint density at radius 2 is 1.33 bits per heavy atom. The zero-order chi connectivity index (χ0) is 22.8. The summed E-state index contributed by atoms with van der Waals surface area (Å²) in [7, 11) is 0. The van der Waals surface area contributed by atoms with E-state index in [0.717, 1.165) is 32.5 Å². The molecule has 3 aromatic carbocycles. The number of hydrogen-bond donors (Lipinski definition) is 1. The smallest absolute Gasteiger partial charge is 0.331 e. The Hall–Kier alpha value is -4.45. The van der Waals surface area contributed by atoms with Gasteiger partial charge in [0.25, 0.3) is 11.8 Å². The van der Waals surface area contributed by atoms with Crippen LogP contribution in [0.1, 0.15) is 16.7 Å². The molecule has 6 heteroatoms. The Bertz CT molecular complexity index is 1390. The maximum absolute atomic E-state index is 13.2. The topological polar surface area (TPSA) is 71.4 Å². The zero-order valence-corrected chi connectivity index (χ0v) is 17.8. The van der Waals surface area contributed by atoms with Crippen LogP contribution in [0, 0.1) is 0 Å². The first-order valence-electron chi connectivity index (χ1n) is 10.6. The minimum atomic E-state index is -0.711. The van der Waals surface area contributed by atoms with Gasteiger partial charge in [-0.25, -0.2) is 4.79 Å². The van der Waals surface area contributed by atoms with E-state index in [0.29, 0.717) is 6.54 Å². The summed E-state index contributed by atoms with van der Waals surface area (Å²) in [6.45, 7) is 0.745. The number of para-hydroxylation sites is 1. The number of amides is 4. The van der Waals surface area contributed by atoms with Crippen LogP contribution in [0.4, 0.5) is 4.79 Å². The van der Waals surface area contributed by atoms with Crippen molar-refractivity contribution in [2.75, 3.05) is 0 Å². The second-order valence-electron chi connectivity index (χ2n) is 7.91. The monoisotopic (exact) mass is 435 g/mol. The summed E-state index contributed by atoms with van der Waals surface area (Å²) in [5.41, 5.74) is 3.62. The fraction of sp³-hybridized carbons (Fsp3) is 0.0741. The molecule has 1 fully saturated rings. The molecule has 0 bridgehead atoms. The van der Waals surface area contributed by atoms with Gasteiger partial charge in [-0.05, 0) is 23.3 Å². The Morgan fingerprint density at radius 3 is 2.03 bits per heavy atom. The molecule has 1 aliphatic rings. The molecule has 1 N–H and O–H groups in total. The maximum atomic E-state index is 13.2. The van der Waals surface area contributed by atoms with E-state index in [-0.39, 0.29) is 12.1 Å². The summed E-state index contributed by atoms with van der Waals surface area (Å²) in [4.78, 5) is 39.2. The standard InChI is InChI=1S/C27H21N3O3/c31-25-23(26(32)30(27(33)28-25)17-20-11-5-2-6-12-20)15-21-18-29(16-19-9-3-1-4-10-19)24-14-8-7-13-22(21)24/h1-15,18H,16-17H2,(H,28,31,33)/b23-15-. The normalized spacial score (nSPS) is 15.3. The van der Waals surface area contributed by atoms with Crippen molar-refractivity contribution >= 4 is 34.8 Å². The molecular formula is C27H21N3O3. The molecule has 0 saturated carbocycles. The van der Waals surface area contributed by atoms with Crippen LogP contribution >= 0.6 is 0 Å². The Kier molecular flexibility index (Phi) is 5.32. The quantitative estimate of drug-likeness (QED) is 0.374. The van der Waals surface area contributed by atoms with Gasteiger partial charge < -0.3 is 4.57 Å². The van der Waals surface area contributed by atoms with Crippen LogP contribution < -0.4 is 5.32 Å². The van der Waals surface area contributed by atoms with Crippen molar-refractivity contribution in [2.24, 2.45) is 0 Å². The fourth-order valence-electron chi connectivity index (χ4n) is 4.06. The zero-order valence-electron chi connectivity index (χ0n) is 17.8. The Labute approximate surface area is 190 Å². The van der Waals surface area contributed by atoms with Gasteiger partial charge in [0, 0.05) is 29.2 Å². The molecule has 162 valence electrons. The van der Waals surface area contributed by atoms with Gasteiger partial charge in [-0.3, -0.25) is 19.8 Å². The number of urea groups is 1. The second kappa shape index (κ2) is 8.59. The summed E-state index contributed by atoms with van der Waals surface area (Å²) >= 11 is 0. The number of hydrogen-bond acceptors (Lipinski definition) is 3. The Balaban J connectivity index is 1.52. The van der Waals surface area contributed by atoms with E-state index in [9.17, 15) is 14.4 Å². The van der Waals surface area contributed by atoms with Crippen LogP contribution in [0.3, 0.4) is 0 Å². The molecular weight excluding hydrogens is 414 g/mol. The number of aromatic nitrogens is 1. The number of nitrogens with one attached hydrogen (secondary N) is 1. The third-order valence-corrected chi connectivity index (χ3v) is 5.68. The molecule has 0 radical (unpaired) electrons. The molecule has 6 nitrogen and oxygen atoms in total. The molecule has 2 heterocycles. The number of fused-ring (bicyclic) bond motifs is 1. The first kappa shape index (κ1) is 20.5. The number of imide groups is 2. The molecule has 5 rings (SSSR count). The van der Waals surface area contributed by atoms with Gasteiger partial charge in [0.15, 0.2) is 0 Å². The lowest BCUT2D eigenvalue weighted by atomic mass is 10.1. The predicted molar refractivity (Wildman–Crippen MR) is 126 cm³/mol. The van der Waals surface area contributed by atoms with Crippen LogP contribution in [0.15, 0.2) is 96.7 Å². The van der Waals surface area contributed by atoms with Crippen LogP contribution in [-0.4, -0.2) is 27.3 Å². The van der Waals surface area contributed by atoms with Gasteiger partial charge in [-0.15, -0.1) is 0 Å². The van der Waals surface area contributed by atoms with Crippen molar-refractivity contribution in [1.82, 2.24) is 14.8 Å². The van der Waals surface area contributed by atoms with Gasteiger partial charge in [-0.2, -0.15) is 0 Å².